The maximum absolute atomic E-state index is 12.6. The van der Waals surface area contributed by atoms with Crippen LogP contribution < -0.4 is 5.32 Å². The quantitative estimate of drug-likeness (QED) is 0.817. The number of hydrogen-bond donors (Lipinski definition) is 1. The maximum Gasteiger partial charge on any atom is 0.410 e. The molecule has 0 aliphatic carbocycles. The molecule has 2 rings (SSSR count). The van der Waals surface area contributed by atoms with Gasteiger partial charge in [0.2, 0.25) is 5.91 Å². The van der Waals surface area contributed by atoms with Gasteiger partial charge in [-0.1, -0.05) is 29.3 Å². The van der Waals surface area contributed by atoms with Crippen molar-refractivity contribution in [3.8, 4) is 0 Å². The molecule has 5 nitrogen and oxygen atoms in total. The van der Waals surface area contributed by atoms with Crippen molar-refractivity contribution in [3.05, 3.63) is 33.8 Å². The fourth-order valence-electron chi connectivity index (χ4n) is 3.32. The summed E-state index contributed by atoms with van der Waals surface area (Å²) in [6.07, 6.45) is 1.45. The van der Waals surface area contributed by atoms with Gasteiger partial charge in [0.05, 0.1) is 10.0 Å². The number of piperidine rings is 1. The molecule has 144 valence electrons. The van der Waals surface area contributed by atoms with E-state index < -0.39 is 11.0 Å². The van der Waals surface area contributed by atoms with Gasteiger partial charge < -0.3 is 15.0 Å². The summed E-state index contributed by atoms with van der Waals surface area (Å²) in [4.78, 5) is 26.5. The van der Waals surface area contributed by atoms with Crippen LogP contribution in [0.15, 0.2) is 18.2 Å². The molecule has 0 unspecified atom stereocenters. The molecule has 1 fully saturated rings. The molecule has 26 heavy (non-hydrogen) atoms. The predicted octanol–water partition coefficient (Wildman–Crippen LogP) is 4.40. The van der Waals surface area contributed by atoms with E-state index in [1.807, 2.05) is 26.8 Å². The van der Waals surface area contributed by atoms with Crippen LogP contribution in [0.25, 0.3) is 0 Å². The first-order valence-corrected chi connectivity index (χ1v) is 9.46. The first kappa shape index (κ1) is 20.8. The molecule has 1 aromatic carbocycles. The van der Waals surface area contributed by atoms with Crippen LogP contribution in [0.1, 0.15) is 45.6 Å². The van der Waals surface area contributed by atoms with Crippen molar-refractivity contribution < 1.29 is 14.3 Å². The van der Waals surface area contributed by atoms with E-state index >= 15 is 0 Å². The van der Waals surface area contributed by atoms with E-state index in [9.17, 15) is 9.59 Å². The minimum absolute atomic E-state index is 0.0814. The predicted molar refractivity (Wildman–Crippen MR) is 104 cm³/mol. The zero-order valence-electron chi connectivity index (χ0n) is 15.7. The Bertz CT molecular complexity index is 688. The lowest BCUT2D eigenvalue weighted by molar-refractivity contribution is -0.122. The van der Waals surface area contributed by atoms with Crippen LogP contribution in [-0.2, 0) is 14.9 Å². The summed E-state index contributed by atoms with van der Waals surface area (Å²) in [5, 5.41) is 3.59. The molecule has 7 heteroatoms. The smallest absolute Gasteiger partial charge is 0.410 e. The highest BCUT2D eigenvalue weighted by molar-refractivity contribution is 6.42. The van der Waals surface area contributed by atoms with Crippen molar-refractivity contribution >= 4 is 35.2 Å². The normalized spacial score (nSPS) is 20.6. The molecule has 0 radical (unpaired) electrons. The van der Waals surface area contributed by atoms with Gasteiger partial charge in [0.25, 0.3) is 0 Å². The van der Waals surface area contributed by atoms with Crippen LogP contribution >= 0.6 is 23.2 Å². The number of ether oxygens (including phenoxy) is 1. The summed E-state index contributed by atoms with van der Waals surface area (Å²) in [7, 11) is 1.61. The van der Waals surface area contributed by atoms with Crippen LogP contribution in [0.2, 0.25) is 10.0 Å². The van der Waals surface area contributed by atoms with Gasteiger partial charge >= 0.3 is 6.09 Å². The number of likely N-dealkylation sites (tertiary alicyclic amines) is 1. The number of rotatable bonds is 3. The molecule has 0 aromatic heterocycles. The molecule has 1 saturated heterocycles. The summed E-state index contributed by atoms with van der Waals surface area (Å²) >= 11 is 12.3. The lowest BCUT2D eigenvalue weighted by Crippen LogP contribution is -2.51. The maximum atomic E-state index is 12.6. The highest BCUT2D eigenvalue weighted by atomic mass is 35.5. The zero-order chi connectivity index (χ0) is 19.5. The van der Waals surface area contributed by atoms with Crippen LogP contribution in [0.5, 0.6) is 0 Å². The van der Waals surface area contributed by atoms with E-state index in [0.29, 0.717) is 23.1 Å². The summed E-state index contributed by atoms with van der Waals surface area (Å²) in [6.45, 7) is 6.52. The Morgan fingerprint density at radius 1 is 1.27 bits per heavy atom. The highest BCUT2D eigenvalue weighted by Gasteiger charge is 2.41. The van der Waals surface area contributed by atoms with E-state index in [-0.39, 0.29) is 18.4 Å². The van der Waals surface area contributed by atoms with Crippen molar-refractivity contribution in [2.45, 2.75) is 51.0 Å². The summed E-state index contributed by atoms with van der Waals surface area (Å²) in [5.74, 6) is -0.0814. The first-order valence-electron chi connectivity index (χ1n) is 8.70. The monoisotopic (exact) mass is 400 g/mol. The third-order valence-electron chi connectivity index (χ3n) is 4.54. The molecule has 0 spiro atoms. The minimum Gasteiger partial charge on any atom is -0.444 e. The Balaban J connectivity index is 2.35. The fourth-order valence-corrected chi connectivity index (χ4v) is 3.62. The van der Waals surface area contributed by atoms with Gasteiger partial charge in [-0.05, 0) is 51.3 Å². The van der Waals surface area contributed by atoms with E-state index in [4.69, 9.17) is 27.9 Å². The standard InChI is InChI=1S/C19H26Cl2N2O3/c1-18(2,3)26-17(25)23-9-5-8-19(12-23,11-16(24)22-4)13-6-7-14(20)15(21)10-13/h6-7,10H,5,8-9,11-12H2,1-4H3,(H,22,24)/t19-/m1/s1. The van der Waals surface area contributed by atoms with Gasteiger partial charge in [0, 0.05) is 32.0 Å². The van der Waals surface area contributed by atoms with Crippen LogP contribution in [-0.4, -0.2) is 42.6 Å². The number of nitrogens with one attached hydrogen (secondary N) is 1. The van der Waals surface area contributed by atoms with Crippen molar-refractivity contribution in [3.63, 3.8) is 0 Å². The first-order chi connectivity index (χ1) is 12.1. The van der Waals surface area contributed by atoms with E-state index in [1.54, 1.807) is 24.1 Å². The molecular weight excluding hydrogens is 375 g/mol. The van der Waals surface area contributed by atoms with Crippen molar-refractivity contribution in [1.82, 2.24) is 10.2 Å². The van der Waals surface area contributed by atoms with Crippen molar-refractivity contribution in [2.24, 2.45) is 0 Å². The van der Waals surface area contributed by atoms with Crippen LogP contribution in [0, 0.1) is 0 Å². The van der Waals surface area contributed by atoms with Gasteiger partial charge in [-0.25, -0.2) is 4.79 Å². The molecule has 0 bridgehead atoms. The van der Waals surface area contributed by atoms with E-state index in [0.717, 1.165) is 18.4 Å². The number of carbonyl (C=O) groups excluding carboxylic acids is 2. The van der Waals surface area contributed by atoms with E-state index in [2.05, 4.69) is 5.32 Å². The lowest BCUT2D eigenvalue weighted by Gasteiger charge is -2.43. The Morgan fingerprint density at radius 2 is 1.96 bits per heavy atom. The third kappa shape index (κ3) is 5.04. The average molecular weight is 401 g/mol. The molecule has 2 amide bonds. The SMILES string of the molecule is CNC(=O)C[C@]1(c2ccc(Cl)c(Cl)c2)CCCN(C(=O)OC(C)(C)C)C1. The van der Waals surface area contributed by atoms with Gasteiger partial charge in [-0.2, -0.15) is 0 Å². The molecule has 1 aliphatic rings. The number of amides is 2. The van der Waals surface area contributed by atoms with Gasteiger partial charge in [0.1, 0.15) is 5.60 Å². The Kier molecular flexibility index (Phi) is 6.46. The minimum atomic E-state index is -0.568. The number of nitrogens with zero attached hydrogens (tertiary/aromatic N) is 1. The molecule has 0 saturated carbocycles. The van der Waals surface area contributed by atoms with Crippen molar-refractivity contribution in [2.75, 3.05) is 20.1 Å². The van der Waals surface area contributed by atoms with Crippen LogP contribution in [0.4, 0.5) is 4.79 Å². The molecule has 1 aromatic rings. The second-order valence-electron chi connectivity index (χ2n) is 7.76. The largest absolute Gasteiger partial charge is 0.444 e. The van der Waals surface area contributed by atoms with Crippen LogP contribution in [0.3, 0.4) is 0 Å². The lowest BCUT2D eigenvalue weighted by atomic mass is 9.71. The molecule has 1 atom stereocenters. The molecule has 1 N–H and O–H groups in total. The topological polar surface area (TPSA) is 58.6 Å². The second kappa shape index (κ2) is 8.05. The number of carbonyl (C=O) groups is 2. The average Bonchev–Trinajstić information content (AvgIpc) is 2.55. The number of benzene rings is 1. The van der Waals surface area contributed by atoms with Crippen molar-refractivity contribution in [1.29, 1.82) is 0 Å². The fraction of sp³-hybridized carbons (Fsp3) is 0.579. The summed E-state index contributed by atoms with van der Waals surface area (Å²) in [6, 6.07) is 5.42. The third-order valence-corrected chi connectivity index (χ3v) is 5.28. The molecule has 1 aliphatic heterocycles. The van der Waals surface area contributed by atoms with E-state index in [1.165, 1.54) is 0 Å². The highest BCUT2D eigenvalue weighted by Crippen LogP contribution is 2.40. The Hall–Kier alpha value is -1.46. The molecular formula is C19H26Cl2N2O3. The number of hydrogen-bond acceptors (Lipinski definition) is 3. The van der Waals surface area contributed by atoms with Gasteiger partial charge in [0.15, 0.2) is 0 Å². The summed E-state index contributed by atoms with van der Waals surface area (Å²) in [5.41, 5.74) is -0.186. The van der Waals surface area contributed by atoms with Gasteiger partial charge in [-0.3, -0.25) is 4.79 Å². The summed E-state index contributed by atoms with van der Waals surface area (Å²) < 4.78 is 5.52. The Morgan fingerprint density at radius 3 is 2.54 bits per heavy atom. The van der Waals surface area contributed by atoms with Gasteiger partial charge in [-0.15, -0.1) is 0 Å². The Labute approximate surface area is 165 Å². The molecule has 1 heterocycles. The number of halogens is 2. The second-order valence-corrected chi connectivity index (χ2v) is 8.58. The zero-order valence-corrected chi connectivity index (χ0v) is 17.2.